The van der Waals surface area contributed by atoms with Gasteiger partial charge in [0.25, 0.3) is 0 Å². The molecule has 0 spiro atoms. The monoisotopic (exact) mass is 225 g/mol. The number of aromatic nitrogens is 1. The van der Waals surface area contributed by atoms with Gasteiger partial charge >= 0.3 is 0 Å². The highest BCUT2D eigenvalue weighted by Gasteiger charge is 2.23. The van der Waals surface area contributed by atoms with Gasteiger partial charge in [0.1, 0.15) is 0 Å². The van der Waals surface area contributed by atoms with Gasteiger partial charge < -0.3 is 10.6 Å². The van der Waals surface area contributed by atoms with E-state index in [1.807, 2.05) is 13.1 Å². The maximum absolute atomic E-state index is 5.83. The van der Waals surface area contributed by atoms with Gasteiger partial charge in [-0.3, -0.25) is 0 Å². The van der Waals surface area contributed by atoms with Crippen LogP contribution in [0.4, 0.5) is 5.13 Å². The molecule has 1 aliphatic rings. The molecule has 15 heavy (non-hydrogen) atoms. The number of hydrogen-bond donors (Lipinski definition) is 1. The zero-order chi connectivity index (χ0) is 10.8. The lowest BCUT2D eigenvalue weighted by Crippen LogP contribution is -2.18. The van der Waals surface area contributed by atoms with Crippen LogP contribution in [0.1, 0.15) is 37.6 Å². The Balaban J connectivity index is 2.04. The third-order valence-corrected chi connectivity index (χ3v) is 4.35. The molecule has 84 valence electrons. The maximum atomic E-state index is 5.83. The molecule has 2 heterocycles. The van der Waals surface area contributed by atoms with Crippen LogP contribution in [0, 0.1) is 5.92 Å². The first-order chi connectivity index (χ1) is 7.20. The minimum atomic E-state index is 0.112. The van der Waals surface area contributed by atoms with Gasteiger partial charge in [-0.15, -0.1) is 11.3 Å². The number of anilines is 1. The molecule has 2 unspecified atom stereocenters. The summed E-state index contributed by atoms with van der Waals surface area (Å²) in [5, 5.41) is 1.15. The van der Waals surface area contributed by atoms with Crippen LogP contribution in [-0.2, 0) is 0 Å². The summed E-state index contributed by atoms with van der Waals surface area (Å²) in [6.07, 6.45) is 4.51. The van der Waals surface area contributed by atoms with E-state index in [-0.39, 0.29) is 6.04 Å². The quantitative estimate of drug-likeness (QED) is 0.859. The normalized spacial score (nSPS) is 23.4. The summed E-state index contributed by atoms with van der Waals surface area (Å²) in [5.41, 5.74) is 5.83. The molecule has 3 nitrogen and oxygen atoms in total. The van der Waals surface area contributed by atoms with Crippen LogP contribution in [0.5, 0.6) is 0 Å². The molecule has 1 saturated heterocycles. The molecule has 1 aromatic heterocycles. The molecule has 0 saturated carbocycles. The Hall–Kier alpha value is -0.610. The van der Waals surface area contributed by atoms with Gasteiger partial charge in [-0.05, 0) is 19.3 Å². The molecule has 0 aromatic carbocycles. The van der Waals surface area contributed by atoms with Crippen molar-refractivity contribution in [3.8, 4) is 0 Å². The van der Waals surface area contributed by atoms with E-state index in [0.717, 1.165) is 17.6 Å². The lowest BCUT2D eigenvalue weighted by Gasteiger charge is -2.14. The second-order valence-electron chi connectivity index (χ2n) is 4.34. The molecule has 2 rings (SSSR count). The molecule has 4 heteroatoms. The first kappa shape index (κ1) is 10.9. The van der Waals surface area contributed by atoms with Crippen molar-refractivity contribution >= 4 is 16.5 Å². The van der Waals surface area contributed by atoms with Crippen LogP contribution < -0.4 is 10.6 Å². The minimum Gasteiger partial charge on any atom is -0.348 e. The molecule has 1 fully saturated rings. The molecule has 0 bridgehead atoms. The SMILES string of the molecule is CCC1CCN(c2ncc(C(C)N)s2)C1. The third-order valence-electron chi connectivity index (χ3n) is 3.09. The summed E-state index contributed by atoms with van der Waals surface area (Å²) in [6, 6.07) is 0.112. The van der Waals surface area contributed by atoms with Crippen LogP contribution in [0.3, 0.4) is 0 Å². The molecule has 1 aliphatic heterocycles. The Kier molecular flexibility index (Phi) is 3.26. The zero-order valence-corrected chi connectivity index (χ0v) is 10.3. The fourth-order valence-corrected chi connectivity index (χ4v) is 2.88. The molecule has 2 atom stereocenters. The molecule has 0 amide bonds. The van der Waals surface area contributed by atoms with Crippen molar-refractivity contribution in [2.75, 3.05) is 18.0 Å². The summed E-state index contributed by atoms with van der Waals surface area (Å²) in [7, 11) is 0. The number of rotatable bonds is 3. The van der Waals surface area contributed by atoms with E-state index in [2.05, 4.69) is 16.8 Å². The van der Waals surface area contributed by atoms with E-state index in [1.165, 1.54) is 24.3 Å². The zero-order valence-electron chi connectivity index (χ0n) is 9.44. The van der Waals surface area contributed by atoms with Crippen LogP contribution in [0.2, 0.25) is 0 Å². The highest BCUT2D eigenvalue weighted by atomic mass is 32.1. The van der Waals surface area contributed by atoms with Crippen molar-refractivity contribution in [3.63, 3.8) is 0 Å². The minimum absolute atomic E-state index is 0.112. The largest absolute Gasteiger partial charge is 0.348 e. The molecule has 0 radical (unpaired) electrons. The Labute approximate surface area is 95.3 Å². The van der Waals surface area contributed by atoms with E-state index in [0.29, 0.717) is 0 Å². The van der Waals surface area contributed by atoms with Crippen LogP contribution in [0.15, 0.2) is 6.20 Å². The first-order valence-electron chi connectivity index (χ1n) is 5.67. The number of nitrogens with zero attached hydrogens (tertiary/aromatic N) is 2. The molecule has 0 aliphatic carbocycles. The van der Waals surface area contributed by atoms with Gasteiger partial charge in [0.15, 0.2) is 5.13 Å². The van der Waals surface area contributed by atoms with Crippen molar-refractivity contribution in [3.05, 3.63) is 11.1 Å². The summed E-state index contributed by atoms with van der Waals surface area (Å²) in [5.74, 6) is 0.854. The van der Waals surface area contributed by atoms with Gasteiger partial charge in [-0.25, -0.2) is 4.98 Å². The van der Waals surface area contributed by atoms with Gasteiger partial charge in [-0.2, -0.15) is 0 Å². The van der Waals surface area contributed by atoms with Crippen molar-refractivity contribution < 1.29 is 0 Å². The predicted molar refractivity (Wildman–Crippen MR) is 65.3 cm³/mol. The average Bonchev–Trinajstić information content (AvgIpc) is 2.86. The van der Waals surface area contributed by atoms with Gasteiger partial charge in [-0.1, -0.05) is 13.3 Å². The summed E-state index contributed by atoms with van der Waals surface area (Å²) < 4.78 is 0. The molecular weight excluding hydrogens is 206 g/mol. The Morgan fingerprint density at radius 3 is 3.07 bits per heavy atom. The Morgan fingerprint density at radius 1 is 1.73 bits per heavy atom. The number of hydrogen-bond acceptors (Lipinski definition) is 4. The Bertz CT molecular complexity index is 321. The standard InChI is InChI=1S/C11H19N3S/c1-3-9-4-5-14(7-9)11-13-6-10(15-11)8(2)12/h6,8-9H,3-5,7,12H2,1-2H3. The van der Waals surface area contributed by atoms with Gasteiger partial charge in [0.05, 0.1) is 0 Å². The van der Waals surface area contributed by atoms with E-state index in [9.17, 15) is 0 Å². The first-order valence-corrected chi connectivity index (χ1v) is 6.48. The second-order valence-corrected chi connectivity index (χ2v) is 5.38. The van der Waals surface area contributed by atoms with Crippen molar-refractivity contribution in [2.45, 2.75) is 32.7 Å². The summed E-state index contributed by atoms with van der Waals surface area (Å²) >= 11 is 1.74. The van der Waals surface area contributed by atoms with E-state index >= 15 is 0 Å². The lowest BCUT2D eigenvalue weighted by molar-refractivity contribution is 0.569. The Morgan fingerprint density at radius 2 is 2.53 bits per heavy atom. The molecule has 1 aromatic rings. The van der Waals surface area contributed by atoms with E-state index in [4.69, 9.17) is 5.73 Å². The third kappa shape index (κ3) is 2.32. The fourth-order valence-electron chi connectivity index (χ4n) is 1.97. The highest BCUT2D eigenvalue weighted by Crippen LogP contribution is 2.30. The number of nitrogens with two attached hydrogens (primary N) is 1. The molecule has 2 N–H and O–H groups in total. The summed E-state index contributed by atoms with van der Waals surface area (Å²) in [6.45, 7) is 6.60. The van der Waals surface area contributed by atoms with Crippen molar-refractivity contribution in [1.29, 1.82) is 0 Å². The predicted octanol–water partition coefficient (Wildman–Crippen LogP) is 2.40. The van der Waals surface area contributed by atoms with E-state index < -0.39 is 0 Å². The highest BCUT2D eigenvalue weighted by molar-refractivity contribution is 7.15. The van der Waals surface area contributed by atoms with Gasteiger partial charge in [0, 0.05) is 30.2 Å². The van der Waals surface area contributed by atoms with Crippen LogP contribution in [-0.4, -0.2) is 18.1 Å². The van der Waals surface area contributed by atoms with Gasteiger partial charge in [0.2, 0.25) is 0 Å². The molecular formula is C11H19N3S. The fraction of sp³-hybridized carbons (Fsp3) is 0.727. The number of thiazole rings is 1. The van der Waals surface area contributed by atoms with Crippen molar-refractivity contribution in [2.24, 2.45) is 11.7 Å². The topological polar surface area (TPSA) is 42.2 Å². The lowest BCUT2D eigenvalue weighted by atomic mass is 10.1. The van der Waals surface area contributed by atoms with E-state index in [1.54, 1.807) is 11.3 Å². The van der Waals surface area contributed by atoms with Crippen molar-refractivity contribution in [1.82, 2.24) is 4.98 Å². The maximum Gasteiger partial charge on any atom is 0.185 e. The van der Waals surface area contributed by atoms with Crippen LogP contribution >= 0.6 is 11.3 Å². The average molecular weight is 225 g/mol. The second kappa shape index (κ2) is 4.49. The van der Waals surface area contributed by atoms with Crippen LogP contribution in [0.25, 0.3) is 0 Å². The summed E-state index contributed by atoms with van der Waals surface area (Å²) in [4.78, 5) is 8.03. The smallest absolute Gasteiger partial charge is 0.185 e.